The SMILES string of the molecule is CC(C)c1nc2cc(C(N)=O)ccc2n1Cc1ccc(B(O)O)cc1. The highest BCUT2D eigenvalue weighted by Crippen LogP contribution is 2.24. The van der Waals surface area contributed by atoms with Crippen molar-refractivity contribution in [1.82, 2.24) is 9.55 Å². The lowest BCUT2D eigenvalue weighted by molar-refractivity contribution is 0.100. The Morgan fingerprint density at radius 2 is 1.88 bits per heavy atom. The molecule has 3 aromatic rings. The third kappa shape index (κ3) is 3.43. The monoisotopic (exact) mass is 337 g/mol. The Morgan fingerprint density at radius 1 is 1.20 bits per heavy atom. The van der Waals surface area contributed by atoms with Crippen molar-refractivity contribution in [3.05, 3.63) is 59.4 Å². The van der Waals surface area contributed by atoms with Crippen LogP contribution in [0, 0.1) is 0 Å². The van der Waals surface area contributed by atoms with Gasteiger partial charge in [-0.2, -0.15) is 0 Å². The first-order chi connectivity index (χ1) is 11.9. The number of amides is 1. The number of carbonyl (C=O) groups is 1. The van der Waals surface area contributed by atoms with Crippen LogP contribution in [0.5, 0.6) is 0 Å². The molecule has 4 N–H and O–H groups in total. The summed E-state index contributed by atoms with van der Waals surface area (Å²) < 4.78 is 2.11. The van der Waals surface area contributed by atoms with E-state index in [0.717, 1.165) is 22.4 Å². The minimum absolute atomic E-state index is 0.211. The molecule has 0 aliphatic rings. The first-order valence-electron chi connectivity index (χ1n) is 8.11. The molecule has 1 heterocycles. The van der Waals surface area contributed by atoms with Crippen LogP contribution < -0.4 is 11.2 Å². The summed E-state index contributed by atoms with van der Waals surface area (Å²) in [6.45, 7) is 4.73. The summed E-state index contributed by atoms with van der Waals surface area (Å²) >= 11 is 0. The maximum Gasteiger partial charge on any atom is 0.488 e. The van der Waals surface area contributed by atoms with E-state index >= 15 is 0 Å². The third-order valence-corrected chi connectivity index (χ3v) is 4.20. The van der Waals surface area contributed by atoms with Crippen LogP contribution in [0.3, 0.4) is 0 Å². The topological polar surface area (TPSA) is 101 Å². The van der Waals surface area contributed by atoms with Crippen LogP contribution >= 0.6 is 0 Å². The second-order valence-electron chi connectivity index (χ2n) is 6.39. The average molecular weight is 337 g/mol. The Labute approximate surface area is 146 Å². The molecule has 6 nitrogen and oxygen atoms in total. The van der Waals surface area contributed by atoms with E-state index in [-0.39, 0.29) is 5.92 Å². The standard InChI is InChI=1S/C18H20BN3O3/c1-11(2)18-21-15-9-13(17(20)23)5-8-16(15)22(18)10-12-3-6-14(7-4-12)19(24)25/h3-9,11,24-25H,10H2,1-2H3,(H2,20,23). The number of fused-ring (bicyclic) bond motifs is 1. The minimum Gasteiger partial charge on any atom is -0.423 e. The van der Waals surface area contributed by atoms with Crippen molar-refractivity contribution in [3.63, 3.8) is 0 Å². The van der Waals surface area contributed by atoms with Crippen LogP contribution in [0.2, 0.25) is 0 Å². The number of hydrogen-bond acceptors (Lipinski definition) is 4. The molecule has 0 aliphatic heterocycles. The van der Waals surface area contributed by atoms with Crippen LogP contribution in [0.1, 0.15) is 41.5 Å². The molecule has 0 saturated heterocycles. The molecule has 0 spiro atoms. The van der Waals surface area contributed by atoms with Crippen LogP contribution in [0.15, 0.2) is 42.5 Å². The van der Waals surface area contributed by atoms with Gasteiger partial charge in [-0.15, -0.1) is 0 Å². The van der Waals surface area contributed by atoms with Gasteiger partial charge >= 0.3 is 7.12 Å². The molecule has 0 atom stereocenters. The van der Waals surface area contributed by atoms with E-state index in [0.29, 0.717) is 17.6 Å². The number of benzene rings is 2. The lowest BCUT2D eigenvalue weighted by Crippen LogP contribution is -2.29. The number of hydrogen-bond donors (Lipinski definition) is 3. The van der Waals surface area contributed by atoms with E-state index in [1.54, 1.807) is 24.3 Å². The van der Waals surface area contributed by atoms with E-state index in [1.165, 1.54) is 0 Å². The minimum atomic E-state index is -1.47. The predicted molar refractivity (Wildman–Crippen MR) is 97.7 cm³/mol. The number of carbonyl (C=O) groups excluding carboxylic acids is 1. The van der Waals surface area contributed by atoms with E-state index in [9.17, 15) is 14.8 Å². The van der Waals surface area contributed by atoms with Gasteiger partial charge in [-0.3, -0.25) is 4.79 Å². The first-order valence-corrected chi connectivity index (χ1v) is 8.11. The number of imidazole rings is 1. The van der Waals surface area contributed by atoms with Gasteiger partial charge in [-0.05, 0) is 29.2 Å². The fourth-order valence-electron chi connectivity index (χ4n) is 2.89. The molecule has 0 unspecified atom stereocenters. The molecular weight excluding hydrogens is 317 g/mol. The van der Waals surface area contributed by atoms with E-state index in [2.05, 4.69) is 23.4 Å². The van der Waals surface area contributed by atoms with Gasteiger partial charge in [0.25, 0.3) is 0 Å². The van der Waals surface area contributed by atoms with Gasteiger partial charge in [0, 0.05) is 18.0 Å². The summed E-state index contributed by atoms with van der Waals surface area (Å²) in [6.07, 6.45) is 0. The van der Waals surface area contributed by atoms with Crippen molar-refractivity contribution in [2.24, 2.45) is 5.73 Å². The summed E-state index contributed by atoms with van der Waals surface area (Å²) in [5.74, 6) is 0.659. The van der Waals surface area contributed by atoms with Gasteiger partial charge < -0.3 is 20.3 Å². The van der Waals surface area contributed by atoms with E-state index in [4.69, 9.17) is 5.73 Å². The van der Waals surface area contributed by atoms with Gasteiger partial charge in [0.15, 0.2) is 0 Å². The Balaban J connectivity index is 2.04. The Morgan fingerprint density at radius 3 is 2.44 bits per heavy atom. The molecule has 0 saturated carbocycles. The van der Waals surface area contributed by atoms with Crippen LogP contribution in [0.25, 0.3) is 11.0 Å². The molecular formula is C18H20BN3O3. The van der Waals surface area contributed by atoms with Crippen molar-refractivity contribution in [3.8, 4) is 0 Å². The Hall–Kier alpha value is -2.64. The van der Waals surface area contributed by atoms with Gasteiger partial charge in [-0.25, -0.2) is 4.98 Å². The summed E-state index contributed by atoms with van der Waals surface area (Å²) in [5, 5.41) is 18.4. The molecule has 2 aromatic carbocycles. The summed E-state index contributed by atoms with van der Waals surface area (Å²) in [5.41, 5.74) is 8.94. The highest BCUT2D eigenvalue weighted by Gasteiger charge is 2.16. The summed E-state index contributed by atoms with van der Waals surface area (Å²) in [4.78, 5) is 16.1. The summed E-state index contributed by atoms with van der Waals surface area (Å²) in [7, 11) is -1.47. The second-order valence-corrected chi connectivity index (χ2v) is 6.39. The number of rotatable bonds is 5. The molecule has 128 valence electrons. The average Bonchev–Trinajstić information content (AvgIpc) is 2.93. The molecule has 0 radical (unpaired) electrons. The highest BCUT2D eigenvalue weighted by atomic mass is 16.4. The molecule has 0 fully saturated rings. The van der Waals surface area contributed by atoms with Crippen LogP contribution in [-0.2, 0) is 6.54 Å². The zero-order valence-corrected chi connectivity index (χ0v) is 14.2. The summed E-state index contributed by atoms with van der Waals surface area (Å²) in [6, 6.07) is 12.4. The van der Waals surface area contributed by atoms with Gasteiger partial charge in [0.2, 0.25) is 5.91 Å². The number of aromatic nitrogens is 2. The quantitative estimate of drug-likeness (QED) is 0.604. The smallest absolute Gasteiger partial charge is 0.423 e. The second kappa shape index (κ2) is 6.70. The van der Waals surface area contributed by atoms with Crippen molar-refractivity contribution >= 4 is 29.5 Å². The fraction of sp³-hybridized carbons (Fsp3) is 0.222. The fourth-order valence-corrected chi connectivity index (χ4v) is 2.89. The number of primary amides is 1. The van der Waals surface area contributed by atoms with Gasteiger partial charge in [-0.1, -0.05) is 38.1 Å². The first kappa shape index (κ1) is 17.2. The molecule has 1 aromatic heterocycles. The molecule has 0 bridgehead atoms. The number of nitrogens with two attached hydrogens (primary N) is 1. The van der Waals surface area contributed by atoms with E-state index < -0.39 is 13.0 Å². The normalized spacial score (nSPS) is 11.2. The maximum absolute atomic E-state index is 11.4. The van der Waals surface area contributed by atoms with Crippen molar-refractivity contribution in [1.29, 1.82) is 0 Å². The van der Waals surface area contributed by atoms with Crippen molar-refractivity contribution < 1.29 is 14.8 Å². The Kier molecular flexibility index (Phi) is 4.61. The molecule has 25 heavy (non-hydrogen) atoms. The van der Waals surface area contributed by atoms with Crippen LogP contribution in [0.4, 0.5) is 0 Å². The predicted octanol–water partition coefficient (Wildman–Crippen LogP) is 0.987. The molecule has 1 amide bonds. The lowest BCUT2D eigenvalue weighted by atomic mass is 9.80. The Bertz CT molecular complexity index is 917. The molecule has 0 aliphatic carbocycles. The van der Waals surface area contributed by atoms with Crippen LogP contribution in [-0.4, -0.2) is 32.6 Å². The maximum atomic E-state index is 11.4. The van der Waals surface area contributed by atoms with Crippen molar-refractivity contribution in [2.75, 3.05) is 0 Å². The van der Waals surface area contributed by atoms with E-state index in [1.807, 2.05) is 18.2 Å². The highest BCUT2D eigenvalue weighted by molar-refractivity contribution is 6.58. The molecule has 3 rings (SSSR count). The van der Waals surface area contributed by atoms with Crippen molar-refractivity contribution in [2.45, 2.75) is 26.3 Å². The zero-order chi connectivity index (χ0) is 18.1. The zero-order valence-electron chi connectivity index (χ0n) is 14.2. The van der Waals surface area contributed by atoms with Gasteiger partial charge in [0.1, 0.15) is 5.82 Å². The largest absolute Gasteiger partial charge is 0.488 e. The van der Waals surface area contributed by atoms with Gasteiger partial charge in [0.05, 0.1) is 11.0 Å². The third-order valence-electron chi connectivity index (χ3n) is 4.20. The number of nitrogens with zero attached hydrogens (tertiary/aromatic N) is 2. The molecule has 7 heteroatoms. The lowest BCUT2D eigenvalue weighted by Gasteiger charge is -2.12.